The van der Waals surface area contributed by atoms with Gasteiger partial charge in [0.1, 0.15) is 10.8 Å². The van der Waals surface area contributed by atoms with E-state index in [1.807, 2.05) is 0 Å². The van der Waals surface area contributed by atoms with E-state index in [1.165, 1.54) is 0 Å². The second-order valence-corrected chi connectivity index (χ2v) is 5.68. The van der Waals surface area contributed by atoms with Crippen LogP contribution in [0.2, 0.25) is 5.02 Å². The molecular formula is C12H10ClNO5S. The lowest BCUT2D eigenvalue weighted by Gasteiger charge is -2.05. The maximum absolute atomic E-state index is 11.0. The fraction of sp³-hybridized carbons (Fsp3) is 0.250. The van der Waals surface area contributed by atoms with Gasteiger partial charge in [-0.25, -0.2) is 4.98 Å². The normalized spacial score (nSPS) is 12.5. The van der Waals surface area contributed by atoms with Crippen LogP contribution in [-0.4, -0.2) is 32.4 Å². The first-order chi connectivity index (χ1) is 9.36. The minimum absolute atomic E-state index is 0.110. The number of thioether (sulfide) groups is 1. The number of carbonyl (C=O) groups is 2. The van der Waals surface area contributed by atoms with E-state index in [9.17, 15) is 9.59 Å². The van der Waals surface area contributed by atoms with Gasteiger partial charge >= 0.3 is 11.9 Å². The number of benzene rings is 1. The van der Waals surface area contributed by atoms with Gasteiger partial charge in [0.05, 0.1) is 6.42 Å². The lowest BCUT2D eigenvalue weighted by Crippen LogP contribution is -2.20. The maximum atomic E-state index is 11.0. The maximum Gasteiger partial charge on any atom is 0.317 e. The SMILES string of the molecule is Cc1cc(Cl)cc2oc(SC(CC(=O)O)C(=O)O)nc12. The van der Waals surface area contributed by atoms with E-state index < -0.39 is 23.6 Å². The van der Waals surface area contributed by atoms with Crippen molar-refractivity contribution in [3.8, 4) is 0 Å². The van der Waals surface area contributed by atoms with E-state index in [0.29, 0.717) is 16.1 Å². The minimum Gasteiger partial charge on any atom is -0.481 e. The summed E-state index contributed by atoms with van der Waals surface area (Å²) in [5.41, 5.74) is 1.82. The van der Waals surface area contributed by atoms with Crippen molar-refractivity contribution in [1.82, 2.24) is 4.98 Å². The molecular weight excluding hydrogens is 306 g/mol. The number of carboxylic acids is 2. The van der Waals surface area contributed by atoms with Gasteiger partial charge in [0, 0.05) is 11.1 Å². The molecule has 0 radical (unpaired) electrons. The second kappa shape index (κ2) is 5.72. The molecule has 2 rings (SSSR count). The van der Waals surface area contributed by atoms with Gasteiger partial charge in [-0.2, -0.15) is 0 Å². The Morgan fingerprint density at radius 1 is 1.45 bits per heavy atom. The first-order valence-electron chi connectivity index (χ1n) is 5.54. The van der Waals surface area contributed by atoms with Gasteiger partial charge in [-0.15, -0.1) is 0 Å². The highest BCUT2D eigenvalue weighted by Gasteiger charge is 2.25. The average Bonchev–Trinajstić information content (AvgIpc) is 2.70. The molecule has 0 bridgehead atoms. The summed E-state index contributed by atoms with van der Waals surface area (Å²) < 4.78 is 5.40. The highest BCUT2D eigenvalue weighted by molar-refractivity contribution is 8.00. The summed E-state index contributed by atoms with van der Waals surface area (Å²) in [5.74, 6) is -2.42. The quantitative estimate of drug-likeness (QED) is 0.818. The summed E-state index contributed by atoms with van der Waals surface area (Å²) >= 11 is 6.66. The Labute approximate surface area is 122 Å². The molecule has 1 aromatic carbocycles. The van der Waals surface area contributed by atoms with Crippen molar-refractivity contribution < 1.29 is 24.2 Å². The van der Waals surface area contributed by atoms with E-state index in [0.717, 1.165) is 17.3 Å². The molecule has 1 heterocycles. The van der Waals surface area contributed by atoms with Crippen LogP contribution in [0.5, 0.6) is 0 Å². The van der Waals surface area contributed by atoms with Gasteiger partial charge in [0.2, 0.25) is 0 Å². The Kier molecular flexibility index (Phi) is 4.20. The molecule has 0 saturated carbocycles. The van der Waals surface area contributed by atoms with Gasteiger partial charge in [0.25, 0.3) is 5.22 Å². The number of nitrogens with zero attached hydrogens (tertiary/aromatic N) is 1. The third-order valence-electron chi connectivity index (χ3n) is 2.51. The third-order valence-corrected chi connectivity index (χ3v) is 3.76. The van der Waals surface area contributed by atoms with Crippen LogP contribution in [0.1, 0.15) is 12.0 Å². The zero-order valence-electron chi connectivity index (χ0n) is 10.3. The lowest BCUT2D eigenvalue weighted by atomic mass is 10.2. The van der Waals surface area contributed by atoms with Crippen molar-refractivity contribution >= 4 is 46.4 Å². The molecule has 6 nitrogen and oxygen atoms in total. The van der Waals surface area contributed by atoms with E-state index in [4.69, 9.17) is 26.2 Å². The molecule has 0 aliphatic carbocycles. The summed E-state index contributed by atoms with van der Waals surface area (Å²) in [6.07, 6.45) is -0.515. The molecule has 8 heteroatoms. The van der Waals surface area contributed by atoms with Gasteiger partial charge in [-0.05, 0) is 18.6 Å². The molecule has 0 amide bonds. The Hall–Kier alpha value is -1.73. The van der Waals surface area contributed by atoms with Crippen molar-refractivity contribution in [2.45, 2.75) is 23.8 Å². The van der Waals surface area contributed by atoms with Crippen LogP contribution in [0.15, 0.2) is 21.8 Å². The zero-order chi connectivity index (χ0) is 14.9. The van der Waals surface area contributed by atoms with E-state index in [-0.39, 0.29) is 5.22 Å². The minimum atomic E-state index is -1.23. The monoisotopic (exact) mass is 315 g/mol. The summed E-state index contributed by atoms with van der Waals surface area (Å²) in [6, 6.07) is 3.29. The first-order valence-corrected chi connectivity index (χ1v) is 6.80. The standard InChI is InChI=1S/C12H10ClNO5S/c1-5-2-6(13)3-7-10(5)14-12(19-7)20-8(11(17)18)4-9(15)16/h2-3,8H,4H2,1H3,(H,15,16)(H,17,18). The van der Waals surface area contributed by atoms with Gasteiger partial charge in [-0.3, -0.25) is 9.59 Å². The summed E-state index contributed by atoms with van der Waals surface area (Å²) in [5, 5.41) is 17.1. The Bertz CT molecular complexity index is 684. The van der Waals surface area contributed by atoms with Crippen LogP contribution in [0.4, 0.5) is 0 Å². The van der Waals surface area contributed by atoms with Crippen LogP contribution in [0.25, 0.3) is 11.1 Å². The summed E-state index contributed by atoms with van der Waals surface area (Å²) in [6.45, 7) is 1.80. The smallest absolute Gasteiger partial charge is 0.317 e. The molecule has 1 aromatic heterocycles. The molecule has 0 aliphatic rings. The van der Waals surface area contributed by atoms with Gasteiger partial charge in [-0.1, -0.05) is 23.4 Å². The van der Waals surface area contributed by atoms with E-state index >= 15 is 0 Å². The molecule has 0 saturated heterocycles. The largest absolute Gasteiger partial charge is 0.481 e. The number of aromatic nitrogens is 1. The van der Waals surface area contributed by atoms with Crippen LogP contribution in [0.3, 0.4) is 0 Å². The third kappa shape index (κ3) is 3.23. The molecule has 2 aromatic rings. The summed E-state index contributed by atoms with van der Waals surface area (Å²) in [7, 11) is 0. The molecule has 1 unspecified atom stereocenters. The van der Waals surface area contributed by atoms with E-state index in [1.54, 1.807) is 19.1 Å². The number of halogens is 1. The Morgan fingerprint density at radius 3 is 2.75 bits per heavy atom. The molecule has 20 heavy (non-hydrogen) atoms. The number of hydrogen-bond donors (Lipinski definition) is 2. The van der Waals surface area contributed by atoms with Gasteiger partial charge < -0.3 is 14.6 Å². The summed E-state index contributed by atoms with van der Waals surface area (Å²) in [4.78, 5) is 25.8. The van der Waals surface area contributed by atoms with Crippen molar-refractivity contribution in [3.05, 3.63) is 22.7 Å². The van der Waals surface area contributed by atoms with Crippen molar-refractivity contribution in [2.24, 2.45) is 0 Å². The Balaban J connectivity index is 2.31. The topological polar surface area (TPSA) is 101 Å². The molecule has 106 valence electrons. The van der Waals surface area contributed by atoms with Crippen molar-refractivity contribution in [2.75, 3.05) is 0 Å². The van der Waals surface area contributed by atoms with Crippen LogP contribution in [-0.2, 0) is 9.59 Å². The highest BCUT2D eigenvalue weighted by Crippen LogP contribution is 2.31. The fourth-order valence-electron chi connectivity index (χ4n) is 1.64. The number of carboxylic acid groups (broad SMARTS) is 2. The molecule has 2 N–H and O–H groups in total. The molecule has 0 spiro atoms. The second-order valence-electron chi connectivity index (χ2n) is 4.09. The van der Waals surface area contributed by atoms with Crippen LogP contribution < -0.4 is 0 Å². The number of oxazole rings is 1. The molecule has 1 atom stereocenters. The fourth-order valence-corrected chi connectivity index (χ4v) is 2.76. The number of hydrogen-bond acceptors (Lipinski definition) is 5. The van der Waals surface area contributed by atoms with Crippen LogP contribution >= 0.6 is 23.4 Å². The number of fused-ring (bicyclic) bond motifs is 1. The highest BCUT2D eigenvalue weighted by atomic mass is 35.5. The average molecular weight is 316 g/mol. The number of aryl methyl sites for hydroxylation is 1. The molecule has 0 fully saturated rings. The molecule has 0 aliphatic heterocycles. The predicted molar refractivity (Wildman–Crippen MR) is 73.3 cm³/mol. The van der Waals surface area contributed by atoms with E-state index in [2.05, 4.69) is 4.98 Å². The first kappa shape index (κ1) is 14.7. The Morgan fingerprint density at radius 2 is 2.15 bits per heavy atom. The number of aliphatic carboxylic acids is 2. The number of rotatable bonds is 5. The lowest BCUT2D eigenvalue weighted by molar-refractivity contribution is -0.142. The predicted octanol–water partition coefficient (Wildman–Crippen LogP) is 2.81. The zero-order valence-corrected chi connectivity index (χ0v) is 11.9. The van der Waals surface area contributed by atoms with Crippen molar-refractivity contribution in [3.63, 3.8) is 0 Å². The van der Waals surface area contributed by atoms with Gasteiger partial charge in [0.15, 0.2) is 5.58 Å². The van der Waals surface area contributed by atoms with Crippen LogP contribution in [0, 0.1) is 6.92 Å². The van der Waals surface area contributed by atoms with Crippen molar-refractivity contribution in [1.29, 1.82) is 0 Å².